The van der Waals surface area contributed by atoms with Crippen LogP contribution in [0.5, 0.6) is 0 Å². The van der Waals surface area contributed by atoms with Crippen molar-refractivity contribution in [1.82, 2.24) is 9.97 Å². The van der Waals surface area contributed by atoms with Crippen LogP contribution in [0.15, 0.2) is 163 Å². The third kappa shape index (κ3) is 10.9. The molecule has 0 radical (unpaired) electrons. The molecule has 0 amide bonds. The number of aliphatic hydroxyl groups excluding tert-OH is 1. The van der Waals surface area contributed by atoms with Crippen LogP contribution >= 0.6 is 0 Å². The van der Waals surface area contributed by atoms with Gasteiger partial charge in [0.1, 0.15) is 0 Å². The number of fused-ring (bicyclic) bond motifs is 2. The van der Waals surface area contributed by atoms with Crippen molar-refractivity contribution in [3.05, 3.63) is 214 Å². The lowest BCUT2D eigenvalue weighted by atomic mass is 9.95. The van der Waals surface area contributed by atoms with E-state index in [1.165, 1.54) is 85.0 Å². The predicted octanol–water partition coefficient (Wildman–Crippen LogP) is 13.4. The summed E-state index contributed by atoms with van der Waals surface area (Å²) in [6.45, 7) is 5.82. The SMILES string of the molecule is CC(=O)C=C(O)CCCc1ccc(CCc2cc(-c3cc(C)cc(CCc4ccc(CCc5cc(C)cc(-c6ccc7ccccc7n6)c5)cc4)c3)nc3ccccc23)cc1. The van der Waals surface area contributed by atoms with Crippen molar-refractivity contribution < 1.29 is 9.90 Å². The zero-order valence-corrected chi connectivity index (χ0v) is 35.6. The Morgan fingerprint density at radius 2 is 1.02 bits per heavy atom. The average molecular weight is 799 g/mol. The molecule has 0 saturated heterocycles. The normalized spacial score (nSPS) is 11.7. The lowest BCUT2D eigenvalue weighted by molar-refractivity contribution is -0.112. The molecule has 0 bridgehead atoms. The van der Waals surface area contributed by atoms with Crippen LogP contribution in [-0.4, -0.2) is 20.9 Å². The van der Waals surface area contributed by atoms with E-state index in [4.69, 9.17) is 9.97 Å². The maximum atomic E-state index is 11.2. The van der Waals surface area contributed by atoms with E-state index in [0.29, 0.717) is 6.42 Å². The van der Waals surface area contributed by atoms with Gasteiger partial charge in [0.15, 0.2) is 5.78 Å². The lowest BCUT2D eigenvalue weighted by Crippen LogP contribution is -1.98. The molecule has 4 nitrogen and oxygen atoms in total. The van der Waals surface area contributed by atoms with E-state index in [2.05, 4.69) is 159 Å². The first-order chi connectivity index (χ1) is 29.7. The number of carbonyl (C=O) groups excluding carboxylic acids is 1. The van der Waals surface area contributed by atoms with Crippen molar-refractivity contribution in [2.45, 2.75) is 78.6 Å². The molecule has 304 valence electrons. The van der Waals surface area contributed by atoms with Gasteiger partial charge in [-0.2, -0.15) is 0 Å². The van der Waals surface area contributed by atoms with Crippen LogP contribution in [0.2, 0.25) is 0 Å². The molecule has 2 heterocycles. The second-order valence-corrected chi connectivity index (χ2v) is 16.7. The van der Waals surface area contributed by atoms with Crippen molar-refractivity contribution in [1.29, 1.82) is 0 Å². The maximum Gasteiger partial charge on any atom is 0.155 e. The number of hydrogen-bond acceptors (Lipinski definition) is 4. The van der Waals surface area contributed by atoms with Gasteiger partial charge >= 0.3 is 0 Å². The van der Waals surface area contributed by atoms with Gasteiger partial charge in [-0.15, -0.1) is 0 Å². The fraction of sp³-hybridized carbons (Fsp3) is 0.211. The van der Waals surface area contributed by atoms with E-state index in [0.717, 1.165) is 73.8 Å². The minimum Gasteiger partial charge on any atom is -0.512 e. The van der Waals surface area contributed by atoms with Gasteiger partial charge in [-0.1, -0.05) is 114 Å². The summed E-state index contributed by atoms with van der Waals surface area (Å²) in [6.07, 6.45) is 9.28. The summed E-state index contributed by atoms with van der Waals surface area (Å²) in [7, 11) is 0. The highest BCUT2D eigenvalue weighted by Gasteiger charge is 2.11. The largest absolute Gasteiger partial charge is 0.512 e. The van der Waals surface area contributed by atoms with Gasteiger partial charge in [0.25, 0.3) is 0 Å². The van der Waals surface area contributed by atoms with Crippen molar-refractivity contribution in [2.24, 2.45) is 0 Å². The summed E-state index contributed by atoms with van der Waals surface area (Å²) in [5.74, 6) is 0.0389. The molecule has 0 spiro atoms. The van der Waals surface area contributed by atoms with Gasteiger partial charge in [-0.05, 0) is 160 Å². The number of rotatable bonds is 16. The number of nitrogens with zero attached hydrogens (tertiary/aromatic N) is 2. The monoisotopic (exact) mass is 798 g/mol. The van der Waals surface area contributed by atoms with Crippen LogP contribution < -0.4 is 0 Å². The Kier molecular flexibility index (Phi) is 12.9. The number of aliphatic hydroxyl groups is 1. The van der Waals surface area contributed by atoms with E-state index in [1.807, 2.05) is 6.07 Å². The summed E-state index contributed by atoms with van der Waals surface area (Å²) in [5, 5.41) is 12.3. The molecule has 2 aromatic heterocycles. The number of allylic oxidation sites excluding steroid dienone is 2. The molecule has 0 aliphatic rings. The Balaban J connectivity index is 0.893. The second-order valence-electron chi connectivity index (χ2n) is 16.7. The summed E-state index contributed by atoms with van der Waals surface area (Å²) in [5.41, 5.74) is 18.2. The average Bonchev–Trinajstić information content (AvgIpc) is 3.26. The van der Waals surface area contributed by atoms with Crippen LogP contribution in [0.4, 0.5) is 0 Å². The summed E-state index contributed by atoms with van der Waals surface area (Å²) in [6, 6.07) is 55.2. The Bertz CT molecular complexity index is 2840. The van der Waals surface area contributed by atoms with Crippen molar-refractivity contribution in [2.75, 3.05) is 0 Å². The molecule has 6 aromatic carbocycles. The highest BCUT2D eigenvalue weighted by Crippen LogP contribution is 2.29. The summed E-state index contributed by atoms with van der Waals surface area (Å²) >= 11 is 0. The molecule has 61 heavy (non-hydrogen) atoms. The Morgan fingerprint density at radius 3 is 1.64 bits per heavy atom. The molecule has 0 aliphatic heterocycles. The molecule has 0 unspecified atom stereocenters. The van der Waals surface area contributed by atoms with Gasteiger partial charge in [-0.25, -0.2) is 9.97 Å². The zero-order chi connectivity index (χ0) is 42.1. The van der Waals surface area contributed by atoms with Gasteiger partial charge < -0.3 is 5.11 Å². The van der Waals surface area contributed by atoms with E-state index in [-0.39, 0.29) is 11.5 Å². The van der Waals surface area contributed by atoms with Gasteiger partial charge in [0.05, 0.1) is 28.2 Å². The summed E-state index contributed by atoms with van der Waals surface area (Å²) in [4.78, 5) is 21.3. The number of pyridine rings is 2. The number of aromatic nitrogens is 2. The van der Waals surface area contributed by atoms with Gasteiger partial charge in [0, 0.05) is 34.4 Å². The smallest absolute Gasteiger partial charge is 0.155 e. The lowest BCUT2D eigenvalue weighted by Gasteiger charge is -2.13. The van der Waals surface area contributed by atoms with Crippen LogP contribution in [0.3, 0.4) is 0 Å². The molecule has 0 aliphatic carbocycles. The van der Waals surface area contributed by atoms with Crippen LogP contribution in [0.25, 0.3) is 44.3 Å². The fourth-order valence-electron chi connectivity index (χ4n) is 8.52. The highest BCUT2D eigenvalue weighted by atomic mass is 16.3. The molecule has 8 rings (SSSR count). The first-order valence-corrected chi connectivity index (χ1v) is 21.7. The van der Waals surface area contributed by atoms with Gasteiger partial charge in [0.2, 0.25) is 0 Å². The highest BCUT2D eigenvalue weighted by molar-refractivity contribution is 5.87. The molecule has 0 fully saturated rings. The number of benzene rings is 6. The first kappa shape index (κ1) is 41.1. The number of para-hydroxylation sites is 2. The zero-order valence-electron chi connectivity index (χ0n) is 35.6. The molecular formula is C57H54N2O2. The fourth-order valence-corrected chi connectivity index (χ4v) is 8.52. The maximum absolute atomic E-state index is 11.2. The predicted molar refractivity (Wildman–Crippen MR) is 253 cm³/mol. The van der Waals surface area contributed by atoms with Crippen LogP contribution in [0.1, 0.15) is 69.8 Å². The Hall–Kier alpha value is -6.65. The third-order valence-corrected chi connectivity index (χ3v) is 11.7. The van der Waals surface area contributed by atoms with Crippen LogP contribution in [0, 0.1) is 13.8 Å². The number of ketones is 1. The van der Waals surface area contributed by atoms with Crippen molar-refractivity contribution in [3.8, 4) is 22.5 Å². The summed E-state index contributed by atoms with van der Waals surface area (Å²) < 4.78 is 0. The van der Waals surface area contributed by atoms with E-state index in [9.17, 15) is 9.90 Å². The van der Waals surface area contributed by atoms with Crippen molar-refractivity contribution >= 4 is 27.6 Å². The molecule has 1 N–H and O–H groups in total. The van der Waals surface area contributed by atoms with E-state index in [1.54, 1.807) is 0 Å². The van der Waals surface area contributed by atoms with Crippen LogP contribution in [-0.2, 0) is 49.7 Å². The van der Waals surface area contributed by atoms with Gasteiger partial charge in [-0.3, -0.25) is 4.79 Å². The molecule has 4 heteroatoms. The van der Waals surface area contributed by atoms with Crippen molar-refractivity contribution in [3.63, 3.8) is 0 Å². The topological polar surface area (TPSA) is 63.1 Å². The third-order valence-electron chi connectivity index (χ3n) is 11.7. The minimum absolute atomic E-state index is 0.121. The number of hydrogen-bond donors (Lipinski definition) is 1. The molecule has 0 atom stereocenters. The molecule has 0 saturated carbocycles. The molecular weight excluding hydrogens is 745 g/mol. The quantitative estimate of drug-likeness (QED) is 0.0781. The van der Waals surface area contributed by atoms with E-state index >= 15 is 0 Å². The standard InChI is InChI=1S/C57H54N2O2/c1-39-31-46(36-50(33-39)55-30-29-48-10-4-6-13-54(48)58-55)25-23-43-19-21-44(22-20-43)24-26-47-32-40(2)34-51(37-47)57-38-49(53-12-5-7-14-56(53)59-57)28-27-45-17-15-42(16-18-45)9-8-11-52(61)35-41(3)60/h4-7,10,12-22,29-38,61H,8-9,11,23-28H2,1-3H3. The van der Waals surface area contributed by atoms with E-state index < -0.39 is 0 Å². The number of carbonyl (C=O) groups is 1. The Morgan fingerprint density at radius 1 is 0.508 bits per heavy atom. The second kappa shape index (κ2) is 19.2. The Labute approximate surface area is 360 Å². The minimum atomic E-state index is -0.121. The molecule has 8 aromatic rings. The first-order valence-electron chi connectivity index (χ1n) is 21.7. The number of aryl methyl sites for hydroxylation is 9.